The van der Waals surface area contributed by atoms with Gasteiger partial charge in [-0.25, -0.2) is 0 Å². The first kappa shape index (κ1) is 13.4. The van der Waals surface area contributed by atoms with Crippen LogP contribution in [0.1, 0.15) is 36.7 Å². The first-order valence-electron chi connectivity index (χ1n) is 5.94. The summed E-state index contributed by atoms with van der Waals surface area (Å²) in [5.74, 6) is -0.192. The maximum absolute atomic E-state index is 11.7. The van der Waals surface area contributed by atoms with E-state index < -0.39 is 0 Å². The summed E-state index contributed by atoms with van der Waals surface area (Å²) in [7, 11) is 0. The molecule has 3 nitrogen and oxygen atoms in total. The number of rotatable bonds is 5. The van der Waals surface area contributed by atoms with Crippen LogP contribution < -0.4 is 5.32 Å². The quantitative estimate of drug-likeness (QED) is 0.847. The Balaban J connectivity index is 2.55. The molecule has 0 aliphatic heterocycles. The Bertz CT molecular complexity index is 393. The molecule has 0 saturated heterocycles. The molecule has 0 spiro atoms. The number of aryl methyl sites for hydroxylation is 1. The van der Waals surface area contributed by atoms with Gasteiger partial charge in [-0.15, -0.1) is 0 Å². The lowest BCUT2D eigenvalue weighted by molar-refractivity contribution is -0.120. The van der Waals surface area contributed by atoms with Gasteiger partial charge in [-0.05, 0) is 24.1 Å². The number of hydrogen-bond acceptors (Lipinski definition) is 2. The highest BCUT2D eigenvalue weighted by molar-refractivity contribution is 5.96. The van der Waals surface area contributed by atoms with Crippen molar-refractivity contribution in [2.24, 2.45) is 5.92 Å². The predicted octanol–water partition coefficient (Wildman–Crippen LogP) is 2.20. The standard InChI is InChI=1S/C14H19NO2/c1-4-11-5-7-12(8-6-11)14(17)15-9-13(16)10(2)3/h5-8,10H,4,9H2,1-3H3,(H,15,17). The van der Waals surface area contributed by atoms with Crippen LogP contribution in [-0.2, 0) is 11.2 Å². The van der Waals surface area contributed by atoms with Gasteiger partial charge in [0.15, 0.2) is 5.78 Å². The largest absolute Gasteiger partial charge is 0.345 e. The average molecular weight is 233 g/mol. The van der Waals surface area contributed by atoms with Crippen molar-refractivity contribution in [1.29, 1.82) is 0 Å². The Hall–Kier alpha value is -1.64. The van der Waals surface area contributed by atoms with E-state index in [2.05, 4.69) is 12.2 Å². The van der Waals surface area contributed by atoms with E-state index in [1.165, 1.54) is 5.56 Å². The molecule has 0 unspecified atom stereocenters. The van der Waals surface area contributed by atoms with Gasteiger partial charge in [-0.2, -0.15) is 0 Å². The van der Waals surface area contributed by atoms with Crippen molar-refractivity contribution < 1.29 is 9.59 Å². The Kier molecular flexibility index (Phi) is 4.88. The van der Waals surface area contributed by atoms with Gasteiger partial charge < -0.3 is 5.32 Å². The van der Waals surface area contributed by atoms with Crippen LogP contribution in [0.25, 0.3) is 0 Å². The van der Waals surface area contributed by atoms with Gasteiger partial charge in [0.1, 0.15) is 0 Å². The summed E-state index contributed by atoms with van der Waals surface area (Å²) in [6.45, 7) is 5.82. The zero-order chi connectivity index (χ0) is 12.8. The molecule has 0 saturated carbocycles. The second-order valence-corrected chi connectivity index (χ2v) is 4.35. The number of carbonyl (C=O) groups is 2. The molecule has 1 amide bonds. The van der Waals surface area contributed by atoms with Gasteiger partial charge in [0.2, 0.25) is 0 Å². The molecule has 1 aromatic carbocycles. The normalized spacial score (nSPS) is 10.4. The Morgan fingerprint density at radius 3 is 2.24 bits per heavy atom. The van der Waals surface area contributed by atoms with Crippen LogP contribution in [0.2, 0.25) is 0 Å². The van der Waals surface area contributed by atoms with Gasteiger partial charge >= 0.3 is 0 Å². The van der Waals surface area contributed by atoms with Crippen LogP contribution in [0.4, 0.5) is 0 Å². The minimum absolute atomic E-state index is 0.0437. The third-order valence-corrected chi connectivity index (χ3v) is 2.69. The lowest BCUT2D eigenvalue weighted by Gasteiger charge is -2.07. The fourth-order valence-corrected chi connectivity index (χ4v) is 1.37. The molecule has 1 N–H and O–H groups in total. The summed E-state index contributed by atoms with van der Waals surface area (Å²) in [4.78, 5) is 23.1. The maximum atomic E-state index is 11.7. The van der Waals surface area contributed by atoms with E-state index in [4.69, 9.17) is 0 Å². The van der Waals surface area contributed by atoms with Crippen LogP contribution in [0, 0.1) is 5.92 Å². The molecule has 0 atom stereocenters. The number of carbonyl (C=O) groups excluding carboxylic acids is 2. The van der Waals surface area contributed by atoms with Crippen molar-refractivity contribution in [3.8, 4) is 0 Å². The van der Waals surface area contributed by atoms with E-state index in [9.17, 15) is 9.59 Å². The third kappa shape index (κ3) is 4.02. The minimum atomic E-state index is -0.193. The van der Waals surface area contributed by atoms with Crippen molar-refractivity contribution in [2.45, 2.75) is 27.2 Å². The van der Waals surface area contributed by atoms with Gasteiger partial charge in [0.25, 0.3) is 5.91 Å². The molecular formula is C14H19NO2. The molecule has 17 heavy (non-hydrogen) atoms. The summed E-state index contributed by atoms with van der Waals surface area (Å²) >= 11 is 0. The van der Waals surface area contributed by atoms with Crippen molar-refractivity contribution in [3.05, 3.63) is 35.4 Å². The second kappa shape index (κ2) is 6.18. The molecule has 0 bridgehead atoms. The van der Waals surface area contributed by atoms with Gasteiger partial charge in [0.05, 0.1) is 6.54 Å². The molecule has 0 aliphatic carbocycles. The molecule has 0 radical (unpaired) electrons. The number of hydrogen-bond donors (Lipinski definition) is 1. The van der Waals surface area contributed by atoms with E-state index >= 15 is 0 Å². The molecule has 0 aromatic heterocycles. The van der Waals surface area contributed by atoms with Gasteiger partial charge in [-0.3, -0.25) is 9.59 Å². The topological polar surface area (TPSA) is 46.2 Å². The van der Waals surface area contributed by atoms with Crippen LogP contribution in [0.5, 0.6) is 0 Å². The molecule has 0 fully saturated rings. The zero-order valence-corrected chi connectivity index (χ0v) is 10.6. The fourth-order valence-electron chi connectivity index (χ4n) is 1.37. The smallest absolute Gasteiger partial charge is 0.251 e. The molecule has 92 valence electrons. The summed E-state index contributed by atoms with van der Waals surface area (Å²) < 4.78 is 0. The maximum Gasteiger partial charge on any atom is 0.251 e. The lowest BCUT2D eigenvalue weighted by atomic mass is 10.1. The van der Waals surface area contributed by atoms with Crippen LogP contribution in [-0.4, -0.2) is 18.2 Å². The Morgan fingerprint density at radius 1 is 1.18 bits per heavy atom. The van der Waals surface area contributed by atoms with Crippen molar-refractivity contribution in [1.82, 2.24) is 5.32 Å². The third-order valence-electron chi connectivity index (χ3n) is 2.69. The summed E-state index contributed by atoms with van der Waals surface area (Å²) in [5.41, 5.74) is 1.79. The SMILES string of the molecule is CCc1ccc(C(=O)NCC(=O)C(C)C)cc1. The monoisotopic (exact) mass is 233 g/mol. The Labute approximate surface area is 102 Å². The van der Waals surface area contributed by atoms with E-state index in [0.717, 1.165) is 6.42 Å². The van der Waals surface area contributed by atoms with Crippen molar-refractivity contribution in [2.75, 3.05) is 6.54 Å². The molecule has 1 aromatic rings. The summed E-state index contributed by atoms with van der Waals surface area (Å²) in [6.07, 6.45) is 0.952. The molecule has 1 rings (SSSR count). The second-order valence-electron chi connectivity index (χ2n) is 4.35. The van der Waals surface area contributed by atoms with E-state index in [-0.39, 0.29) is 24.2 Å². The number of amides is 1. The highest BCUT2D eigenvalue weighted by Gasteiger charge is 2.10. The van der Waals surface area contributed by atoms with E-state index in [1.54, 1.807) is 12.1 Å². The fraction of sp³-hybridized carbons (Fsp3) is 0.429. The van der Waals surface area contributed by atoms with Gasteiger partial charge in [0, 0.05) is 11.5 Å². The molecule has 0 aliphatic rings. The van der Waals surface area contributed by atoms with Crippen LogP contribution in [0.3, 0.4) is 0 Å². The van der Waals surface area contributed by atoms with Gasteiger partial charge in [-0.1, -0.05) is 32.9 Å². The number of nitrogens with one attached hydrogen (secondary N) is 1. The Morgan fingerprint density at radius 2 is 1.76 bits per heavy atom. The predicted molar refractivity (Wildman–Crippen MR) is 68.0 cm³/mol. The molecule has 3 heteroatoms. The average Bonchev–Trinajstić information content (AvgIpc) is 2.35. The number of benzene rings is 1. The first-order chi connectivity index (χ1) is 8.04. The van der Waals surface area contributed by atoms with Crippen LogP contribution >= 0.6 is 0 Å². The van der Waals surface area contributed by atoms with Crippen LogP contribution in [0.15, 0.2) is 24.3 Å². The number of Topliss-reactive ketones (excluding diaryl/α,β-unsaturated/α-hetero) is 1. The molecular weight excluding hydrogens is 214 g/mol. The molecule has 0 heterocycles. The van der Waals surface area contributed by atoms with E-state index in [1.807, 2.05) is 26.0 Å². The lowest BCUT2D eigenvalue weighted by Crippen LogP contribution is -2.31. The van der Waals surface area contributed by atoms with Crippen molar-refractivity contribution >= 4 is 11.7 Å². The zero-order valence-electron chi connectivity index (χ0n) is 10.6. The summed E-state index contributed by atoms with van der Waals surface area (Å²) in [6, 6.07) is 7.43. The van der Waals surface area contributed by atoms with Crippen molar-refractivity contribution in [3.63, 3.8) is 0 Å². The number of ketones is 1. The highest BCUT2D eigenvalue weighted by atomic mass is 16.2. The first-order valence-corrected chi connectivity index (χ1v) is 5.94. The summed E-state index contributed by atoms with van der Waals surface area (Å²) in [5, 5.41) is 2.63. The van der Waals surface area contributed by atoms with E-state index in [0.29, 0.717) is 5.56 Å². The minimum Gasteiger partial charge on any atom is -0.345 e. The highest BCUT2D eigenvalue weighted by Crippen LogP contribution is 2.05.